The number of fused-ring (bicyclic) bond motifs is 1. The van der Waals surface area contributed by atoms with Crippen LogP contribution in [0.4, 0.5) is 8.78 Å². The highest BCUT2D eigenvalue weighted by Crippen LogP contribution is 2.32. The van der Waals surface area contributed by atoms with E-state index in [2.05, 4.69) is 10.3 Å². The van der Waals surface area contributed by atoms with Crippen molar-refractivity contribution < 1.29 is 13.6 Å². The highest BCUT2D eigenvalue weighted by Gasteiger charge is 2.20. The number of carbonyl (C=O) groups excluding carboxylic acids is 1. The van der Waals surface area contributed by atoms with Crippen LogP contribution < -0.4 is 5.32 Å². The predicted octanol–water partition coefficient (Wildman–Crippen LogP) is 5.34. The quantitative estimate of drug-likeness (QED) is 0.660. The molecule has 3 aromatic rings. The molecule has 3 nitrogen and oxygen atoms in total. The van der Waals surface area contributed by atoms with Crippen molar-refractivity contribution in [2.24, 2.45) is 0 Å². The minimum Gasteiger partial charge on any atom is -0.349 e. The van der Waals surface area contributed by atoms with E-state index in [1.807, 2.05) is 24.3 Å². The molecule has 1 heterocycles. The Morgan fingerprint density at radius 2 is 1.85 bits per heavy atom. The van der Waals surface area contributed by atoms with Crippen LogP contribution in [0.1, 0.15) is 36.0 Å². The lowest BCUT2D eigenvalue weighted by Crippen LogP contribution is -2.32. The van der Waals surface area contributed by atoms with Crippen LogP contribution in [-0.2, 0) is 0 Å². The van der Waals surface area contributed by atoms with Crippen LogP contribution in [0, 0.1) is 11.6 Å². The number of aromatic nitrogens is 1. The first kappa shape index (κ1) is 17.9. The fourth-order valence-electron chi connectivity index (χ4n) is 3.40. The molecule has 1 N–H and O–H groups in total. The van der Waals surface area contributed by atoms with Crippen molar-refractivity contribution in [1.29, 1.82) is 0 Å². The third-order valence-electron chi connectivity index (χ3n) is 4.74. The minimum absolute atomic E-state index is 0.137. The van der Waals surface area contributed by atoms with Gasteiger partial charge in [0, 0.05) is 22.4 Å². The van der Waals surface area contributed by atoms with Gasteiger partial charge in [0.05, 0.1) is 11.1 Å². The number of hydrogen-bond donors (Lipinski definition) is 1. The van der Waals surface area contributed by atoms with Gasteiger partial charge < -0.3 is 5.32 Å². The SMILES string of the molecule is O=C(NC1CCCC1)c1cc(Sc2ccc(F)cc2F)nc2ccccc12. The van der Waals surface area contributed by atoms with Crippen LogP contribution in [0.5, 0.6) is 0 Å². The number of nitrogens with zero attached hydrogens (tertiary/aromatic N) is 1. The van der Waals surface area contributed by atoms with Gasteiger partial charge in [-0.1, -0.05) is 42.8 Å². The summed E-state index contributed by atoms with van der Waals surface area (Å²) in [5, 5.41) is 4.35. The fraction of sp³-hybridized carbons (Fsp3) is 0.238. The lowest BCUT2D eigenvalue weighted by Gasteiger charge is -2.14. The molecule has 0 saturated heterocycles. The lowest BCUT2D eigenvalue weighted by molar-refractivity contribution is 0.0939. The average Bonchev–Trinajstić information content (AvgIpc) is 3.16. The Kier molecular flexibility index (Phi) is 5.07. The largest absolute Gasteiger partial charge is 0.349 e. The lowest BCUT2D eigenvalue weighted by atomic mass is 10.1. The summed E-state index contributed by atoms with van der Waals surface area (Å²) in [5.41, 5.74) is 1.19. The molecule has 2 aromatic carbocycles. The second-order valence-corrected chi connectivity index (χ2v) is 7.72. The molecule has 0 atom stereocenters. The highest BCUT2D eigenvalue weighted by atomic mass is 32.2. The van der Waals surface area contributed by atoms with E-state index in [-0.39, 0.29) is 16.8 Å². The number of nitrogens with one attached hydrogen (secondary N) is 1. The first-order chi connectivity index (χ1) is 13.1. The van der Waals surface area contributed by atoms with E-state index in [0.717, 1.165) is 48.9 Å². The maximum atomic E-state index is 14.0. The average molecular weight is 384 g/mol. The predicted molar refractivity (Wildman–Crippen MR) is 102 cm³/mol. The molecule has 0 unspecified atom stereocenters. The third kappa shape index (κ3) is 3.95. The summed E-state index contributed by atoms with van der Waals surface area (Å²) in [6.45, 7) is 0. The number of pyridine rings is 1. The summed E-state index contributed by atoms with van der Waals surface area (Å²) in [4.78, 5) is 17.7. The molecule has 6 heteroatoms. The van der Waals surface area contributed by atoms with Crippen LogP contribution in [0.25, 0.3) is 10.9 Å². The smallest absolute Gasteiger partial charge is 0.252 e. The van der Waals surface area contributed by atoms with Gasteiger partial charge in [-0.15, -0.1) is 0 Å². The number of carbonyl (C=O) groups is 1. The van der Waals surface area contributed by atoms with Gasteiger partial charge in [-0.25, -0.2) is 13.8 Å². The Balaban J connectivity index is 1.70. The van der Waals surface area contributed by atoms with Crippen molar-refractivity contribution in [3.63, 3.8) is 0 Å². The summed E-state index contributed by atoms with van der Waals surface area (Å²) in [6.07, 6.45) is 4.26. The summed E-state index contributed by atoms with van der Waals surface area (Å²) < 4.78 is 27.2. The van der Waals surface area contributed by atoms with Crippen LogP contribution in [0.15, 0.2) is 58.5 Å². The zero-order chi connectivity index (χ0) is 18.8. The molecule has 138 valence electrons. The maximum Gasteiger partial charge on any atom is 0.252 e. The zero-order valence-electron chi connectivity index (χ0n) is 14.5. The molecule has 0 aliphatic heterocycles. The van der Waals surface area contributed by atoms with Gasteiger partial charge in [0.1, 0.15) is 16.7 Å². The van der Waals surface area contributed by atoms with Crippen LogP contribution in [0.3, 0.4) is 0 Å². The first-order valence-electron chi connectivity index (χ1n) is 8.94. The number of para-hydroxylation sites is 1. The fourth-order valence-corrected chi connectivity index (χ4v) is 4.23. The molecule has 1 saturated carbocycles. The van der Waals surface area contributed by atoms with Crippen LogP contribution in [-0.4, -0.2) is 16.9 Å². The maximum absolute atomic E-state index is 14.0. The van der Waals surface area contributed by atoms with Gasteiger partial charge >= 0.3 is 0 Å². The summed E-state index contributed by atoms with van der Waals surface area (Å²) in [6, 6.07) is 12.7. The third-order valence-corrected chi connectivity index (χ3v) is 5.71. The molecule has 1 fully saturated rings. The number of benzene rings is 2. The molecule has 0 radical (unpaired) electrons. The van der Waals surface area contributed by atoms with Gasteiger partial charge in [-0.05, 0) is 37.1 Å². The van der Waals surface area contributed by atoms with Crippen molar-refractivity contribution in [2.45, 2.75) is 41.6 Å². The Hall–Kier alpha value is -2.47. The molecule has 1 aliphatic carbocycles. The molecule has 1 amide bonds. The Morgan fingerprint density at radius 3 is 2.63 bits per heavy atom. The second-order valence-electron chi connectivity index (χ2n) is 6.66. The molecule has 27 heavy (non-hydrogen) atoms. The summed E-state index contributed by atoms with van der Waals surface area (Å²) in [5.74, 6) is -1.41. The van der Waals surface area contributed by atoms with Crippen molar-refractivity contribution in [1.82, 2.24) is 10.3 Å². The molecule has 0 bridgehead atoms. The summed E-state index contributed by atoms with van der Waals surface area (Å²) in [7, 11) is 0. The van der Waals surface area contributed by atoms with E-state index in [9.17, 15) is 13.6 Å². The standard InChI is InChI=1S/C21H18F2N2OS/c22-13-9-10-19(17(23)11-13)27-20-12-16(15-7-3-4-8-18(15)25-20)21(26)24-14-5-1-2-6-14/h3-4,7-12,14H,1-2,5-6H2,(H,24,26). The van der Waals surface area contributed by atoms with Gasteiger partial charge in [0.15, 0.2) is 0 Å². The first-order valence-corrected chi connectivity index (χ1v) is 9.75. The van der Waals surface area contributed by atoms with E-state index in [0.29, 0.717) is 16.1 Å². The molecule has 1 aromatic heterocycles. The van der Waals surface area contributed by atoms with Crippen LogP contribution >= 0.6 is 11.8 Å². The van der Waals surface area contributed by atoms with Crippen molar-refractivity contribution in [3.8, 4) is 0 Å². The summed E-state index contributed by atoms with van der Waals surface area (Å²) >= 11 is 1.08. The van der Waals surface area contributed by atoms with Crippen molar-refractivity contribution in [3.05, 3.63) is 65.7 Å². The second kappa shape index (κ2) is 7.64. The van der Waals surface area contributed by atoms with Gasteiger partial charge in [0.25, 0.3) is 5.91 Å². The number of hydrogen-bond acceptors (Lipinski definition) is 3. The molecule has 0 spiro atoms. The van der Waals surface area contributed by atoms with Gasteiger partial charge in [-0.3, -0.25) is 4.79 Å². The zero-order valence-corrected chi connectivity index (χ0v) is 15.4. The van der Waals surface area contributed by atoms with E-state index in [4.69, 9.17) is 0 Å². The van der Waals surface area contributed by atoms with Gasteiger partial charge in [0.2, 0.25) is 0 Å². The number of halogens is 2. The number of amides is 1. The Labute approximate surface area is 160 Å². The normalized spacial score (nSPS) is 14.6. The van der Waals surface area contributed by atoms with Crippen molar-refractivity contribution in [2.75, 3.05) is 0 Å². The monoisotopic (exact) mass is 384 g/mol. The number of rotatable bonds is 4. The van der Waals surface area contributed by atoms with Crippen molar-refractivity contribution >= 4 is 28.6 Å². The van der Waals surface area contributed by atoms with E-state index in [1.165, 1.54) is 12.1 Å². The molecule has 4 rings (SSSR count). The van der Waals surface area contributed by atoms with E-state index >= 15 is 0 Å². The Morgan fingerprint density at radius 1 is 1.07 bits per heavy atom. The Bertz CT molecular complexity index is 1000. The highest BCUT2D eigenvalue weighted by molar-refractivity contribution is 7.99. The molecule has 1 aliphatic rings. The van der Waals surface area contributed by atoms with Crippen LogP contribution in [0.2, 0.25) is 0 Å². The minimum atomic E-state index is -0.646. The van der Waals surface area contributed by atoms with E-state index < -0.39 is 11.6 Å². The van der Waals surface area contributed by atoms with E-state index in [1.54, 1.807) is 6.07 Å². The molecular formula is C21H18F2N2OS. The topological polar surface area (TPSA) is 42.0 Å². The molecular weight excluding hydrogens is 366 g/mol. The van der Waals surface area contributed by atoms with Gasteiger partial charge in [-0.2, -0.15) is 0 Å².